The average Bonchev–Trinajstić information content (AvgIpc) is 2.96. The molecule has 1 N–H and O–H groups in total. The van der Waals surface area contributed by atoms with Gasteiger partial charge in [-0.15, -0.1) is 0 Å². The van der Waals surface area contributed by atoms with Crippen LogP contribution in [0.15, 0.2) is 28.9 Å². The van der Waals surface area contributed by atoms with E-state index in [4.69, 9.17) is 4.74 Å². The summed E-state index contributed by atoms with van der Waals surface area (Å²) in [5, 5.41) is 3.43. The van der Waals surface area contributed by atoms with Crippen molar-refractivity contribution in [2.75, 3.05) is 7.11 Å². The van der Waals surface area contributed by atoms with Crippen molar-refractivity contribution in [3.63, 3.8) is 0 Å². The van der Waals surface area contributed by atoms with Crippen LogP contribution in [0.5, 0.6) is 5.75 Å². The molecule has 0 saturated heterocycles. The minimum Gasteiger partial charge on any atom is -0.496 e. The van der Waals surface area contributed by atoms with Gasteiger partial charge in [0.15, 0.2) is 4.34 Å². The van der Waals surface area contributed by atoms with E-state index in [0.717, 1.165) is 22.4 Å². The molecule has 1 aromatic carbocycles. The fraction of sp³-hybridized carbons (Fsp3) is 0.429. The van der Waals surface area contributed by atoms with Crippen molar-refractivity contribution >= 4 is 23.3 Å². The predicted molar refractivity (Wildman–Crippen MR) is 84.4 cm³/mol. The van der Waals surface area contributed by atoms with Gasteiger partial charge in [0.2, 0.25) is 0 Å². The normalized spacial score (nSPS) is 11.0. The van der Waals surface area contributed by atoms with Gasteiger partial charge in [-0.05, 0) is 29.2 Å². The third-order valence-corrected chi connectivity index (χ3v) is 4.60. The zero-order chi connectivity index (χ0) is 14.4. The number of ether oxygens (including phenoxy) is 1. The second-order valence-electron chi connectivity index (χ2n) is 4.68. The van der Waals surface area contributed by atoms with E-state index in [9.17, 15) is 0 Å². The van der Waals surface area contributed by atoms with Gasteiger partial charge in [0.25, 0.3) is 0 Å². The molecule has 4 nitrogen and oxygen atoms in total. The average molecular weight is 309 g/mol. The number of aromatic nitrogens is 2. The number of rotatable bonds is 7. The number of hydrogen-bond donors (Lipinski definition) is 1. The van der Waals surface area contributed by atoms with Crippen LogP contribution in [0.4, 0.5) is 0 Å². The number of nitrogens with zero attached hydrogens (tertiary/aromatic N) is 2. The Morgan fingerprint density at radius 2 is 2.25 bits per heavy atom. The molecule has 1 aromatic heterocycles. The second kappa shape index (κ2) is 7.61. The van der Waals surface area contributed by atoms with Gasteiger partial charge in [-0.1, -0.05) is 31.7 Å². The van der Waals surface area contributed by atoms with Crippen LogP contribution >= 0.6 is 23.3 Å². The quantitative estimate of drug-likeness (QED) is 0.795. The van der Waals surface area contributed by atoms with Crippen LogP contribution in [0, 0.1) is 0 Å². The molecule has 0 fully saturated rings. The van der Waals surface area contributed by atoms with E-state index in [2.05, 4.69) is 40.7 Å². The highest BCUT2D eigenvalue weighted by Crippen LogP contribution is 2.29. The first-order valence-electron chi connectivity index (χ1n) is 6.47. The number of methoxy groups -OCH3 is 1. The molecule has 0 atom stereocenters. The third kappa shape index (κ3) is 4.47. The van der Waals surface area contributed by atoms with E-state index in [1.54, 1.807) is 25.2 Å². The van der Waals surface area contributed by atoms with Crippen LogP contribution in [-0.4, -0.2) is 22.5 Å². The number of nitrogens with one attached hydrogen (secondary N) is 1. The highest BCUT2D eigenvalue weighted by molar-refractivity contribution is 8.00. The van der Waals surface area contributed by atoms with Crippen LogP contribution < -0.4 is 10.1 Å². The highest BCUT2D eigenvalue weighted by Gasteiger charge is 2.07. The summed E-state index contributed by atoms with van der Waals surface area (Å²) in [7, 11) is 1.71. The molecule has 0 aliphatic heterocycles. The van der Waals surface area contributed by atoms with Crippen LogP contribution in [0.1, 0.15) is 25.0 Å². The molecule has 0 saturated carbocycles. The molecule has 0 spiro atoms. The molecule has 6 heteroatoms. The minimum absolute atomic E-state index is 0.483. The molecule has 0 aliphatic rings. The van der Waals surface area contributed by atoms with E-state index in [0.29, 0.717) is 6.04 Å². The lowest BCUT2D eigenvalue weighted by molar-refractivity contribution is 0.411. The Hall–Kier alpha value is -1.11. The third-order valence-electron chi connectivity index (χ3n) is 2.75. The first-order chi connectivity index (χ1) is 9.69. The van der Waals surface area contributed by atoms with Gasteiger partial charge < -0.3 is 10.1 Å². The maximum absolute atomic E-state index is 5.43. The van der Waals surface area contributed by atoms with Gasteiger partial charge in [-0.25, -0.2) is 4.98 Å². The van der Waals surface area contributed by atoms with E-state index < -0.39 is 0 Å². The Balaban J connectivity index is 2.05. The monoisotopic (exact) mass is 309 g/mol. The molecule has 20 heavy (non-hydrogen) atoms. The smallest absolute Gasteiger partial charge is 0.170 e. The fourth-order valence-corrected chi connectivity index (χ4v) is 3.16. The molecule has 2 aromatic rings. The molecule has 2 rings (SSSR count). The van der Waals surface area contributed by atoms with Crippen molar-refractivity contribution in [1.82, 2.24) is 14.7 Å². The summed E-state index contributed by atoms with van der Waals surface area (Å²) in [4.78, 5) is 4.19. The summed E-state index contributed by atoms with van der Waals surface area (Å²) in [6, 6.07) is 6.82. The lowest BCUT2D eigenvalue weighted by atomic mass is 10.1. The second-order valence-corrected chi connectivity index (χ2v) is 6.68. The van der Waals surface area contributed by atoms with E-state index in [1.165, 1.54) is 22.7 Å². The minimum atomic E-state index is 0.483. The number of benzene rings is 1. The molecular formula is C14H19N3OS2. The molecule has 0 bridgehead atoms. The van der Waals surface area contributed by atoms with Gasteiger partial charge in [0.05, 0.1) is 7.11 Å². The predicted octanol–water partition coefficient (Wildman–Crippen LogP) is 3.34. The Kier molecular flexibility index (Phi) is 5.82. The molecular weight excluding hydrogens is 290 g/mol. The van der Waals surface area contributed by atoms with Crippen molar-refractivity contribution in [3.8, 4) is 5.75 Å². The molecule has 0 radical (unpaired) electrons. The van der Waals surface area contributed by atoms with E-state index in [1.807, 2.05) is 6.07 Å². The van der Waals surface area contributed by atoms with Gasteiger partial charge >= 0.3 is 0 Å². The Labute approximate surface area is 128 Å². The standard InChI is InChI=1S/C14H19N3OS2/c1-10(2)15-7-11-4-5-13(18-3)12(6-11)8-19-14-16-9-17-20-14/h4-6,9-10,15H,7-8H2,1-3H3. The SMILES string of the molecule is COc1ccc(CNC(C)C)cc1CSc1ncns1. The molecule has 0 unspecified atom stereocenters. The topological polar surface area (TPSA) is 47.0 Å². The number of thioether (sulfide) groups is 1. The van der Waals surface area contributed by atoms with Gasteiger partial charge in [-0.2, -0.15) is 4.37 Å². The van der Waals surface area contributed by atoms with Crippen molar-refractivity contribution in [2.24, 2.45) is 0 Å². The fourth-order valence-electron chi connectivity index (χ4n) is 1.74. The first-order valence-corrected chi connectivity index (χ1v) is 8.23. The van der Waals surface area contributed by atoms with E-state index in [-0.39, 0.29) is 0 Å². The zero-order valence-electron chi connectivity index (χ0n) is 11.9. The van der Waals surface area contributed by atoms with Crippen molar-refractivity contribution in [3.05, 3.63) is 35.7 Å². The van der Waals surface area contributed by atoms with Crippen LogP contribution in [0.2, 0.25) is 0 Å². The van der Waals surface area contributed by atoms with Gasteiger partial charge in [0, 0.05) is 23.9 Å². The van der Waals surface area contributed by atoms with Crippen molar-refractivity contribution in [1.29, 1.82) is 0 Å². The Morgan fingerprint density at radius 1 is 1.40 bits per heavy atom. The van der Waals surface area contributed by atoms with Crippen LogP contribution in [0.3, 0.4) is 0 Å². The molecule has 0 aliphatic carbocycles. The Morgan fingerprint density at radius 3 is 2.90 bits per heavy atom. The molecule has 0 amide bonds. The Bertz CT molecular complexity index is 529. The first kappa shape index (κ1) is 15.3. The highest BCUT2D eigenvalue weighted by atomic mass is 32.2. The maximum Gasteiger partial charge on any atom is 0.170 e. The molecule has 1 heterocycles. The summed E-state index contributed by atoms with van der Waals surface area (Å²) in [6.45, 7) is 5.17. The van der Waals surface area contributed by atoms with Crippen molar-refractivity contribution < 1.29 is 4.74 Å². The maximum atomic E-state index is 5.43. The summed E-state index contributed by atoms with van der Waals surface area (Å²) in [5.41, 5.74) is 2.46. The summed E-state index contributed by atoms with van der Waals surface area (Å²) < 4.78 is 10.4. The number of hydrogen-bond acceptors (Lipinski definition) is 6. The van der Waals surface area contributed by atoms with E-state index >= 15 is 0 Å². The van der Waals surface area contributed by atoms with Crippen LogP contribution in [0.25, 0.3) is 0 Å². The summed E-state index contributed by atoms with van der Waals surface area (Å²) in [5.74, 6) is 1.77. The van der Waals surface area contributed by atoms with Gasteiger partial charge in [0.1, 0.15) is 12.1 Å². The lowest BCUT2D eigenvalue weighted by Gasteiger charge is -2.12. The van der Waals surface area contributed by atoms with Crippen molar-refractivity contribution in [2.45, 2.75) is 36.5 Å². The summed E-state index contributed by atoms with van der Waals surface area (Å²) >= 11 is 3.11. The lowest BCUT2D eigenvalue weighted by Crippen LogP contribution is -2.21. The van der Waals surface area contributed by atoms with Gasteiger partial charge in [-0.3, -0.25) is 0 Å². The zero-order valence-corrected chi connectivity index (χ0v) is 13.6. The largest absolute Gasteiger partial charge is 0.496 e. The molecule has 108 valence electrons. The van der Waals surface area contributed by atoms with Crippen LogP contribution in [-0.2, 0) is 12.3 Å². The summed E-state index contributed by atoms with van der Waals surface area (Å²) in [6.07, 6.45) is 1.59.